The number of carbonyl (C=O) groups is 1. The van der Waals surface area contributed by atoms with E-state index in [1.165, 1.54) is 0 Å². The maximum absolute atomic E-state index is 10.1. The molecule has 0 unspecified atom stereocenters. The molecule has 0 heterocycles. The van der Waals surface area contributed by atoms with Crippen molar-refractivity contribution in [3.05, 3.63) is 0 Å². The molecule has 3 heteroatoms. The van der Waals surface area contributed by atoms with Crippen molar-refractivity contribution in [1.29, 1.82) is 0 Å². The monoisotopic (exact) mass is 133 g/mol. The molecule has 0 bridgehead atoms. The summed E-state index contributed by atoms with van der Waals surface area (Å²) in [7, 11) is 0. The first-order chi connectivity index (χ1) is 4.04. The fraction of sp³-hybridized carbons (Fsp3) is 0.833. The van der Waals surface area contributed by atoms with Crippen LogP contribution in [0.25, 0.3) is 0 Å². The molecule has 0 radical (unpaired) electrons. The fourth-order valence-corrected chi connectivity index (χ4v) is 0.609. The summed E-state index contributed by atoms with van der Waals surface area (Å²) in [4.78, 5) is 10.1. The van der Waals surface area contributed by atoms with E-state index in [9.17, 15) is 4.79 Å². The maximum atomic E-state index is 10.1. The van der Waals surface area contributed by atoms with Crippen molar-refractivity contribution in [3.63, 3.8) is 0 Å². The minimum Gasteiger partial charge on any atom is -0.480 e. The number of rotatable bonds is 3. The number of carboxylic acid groups (broad SMARTS) is 1. The Kier molecular flexibility index (Phi) is 3.24. The van der Waals surface area contributed by atoms with E-state index < -0.39 is 12.0 Å². The molecule has 0 aromatic rings. The average molecular weight is 133 g/mol. The fourth-order valence-electron chi connectivity index (χ4n) is 0.609. The van der Waals surface area contributed by atoms with Gasteiger partial charge < -0.3 is 10.8 Å². The molecule has 54 valence electrons. The molecule has 0 aromatic heterocycles. The Morgan fingerprint density at radius 1 is 1.78 bits per heavy atom. The third-order valence-corrected chi connectivity index (χ3v) is 1.04. The molecule has 0 rings (SSSR count). The summed E-state index contributed by atoms with van der Waals surface area (Å²) in [6.07, 6.45) is 0.551. The predicted molar refractivity (Wildman–Crippen MR) is 35.1 cm³/mol. The average Bonchev–Trinajstić information content (AvgIpc) is 1.63. The molecule has 0 aliphatic carbocycles. The molecule has 1 atom stereocenters. The Bertz CT molecular complexity index is 101. The summed E-state index contributed by atoms with van der Waals surface area (Å²) in [5.41, 5.74) is 5.22. The smallest absolute Gasteiger partial charge is 0.320 e. The minimum absolute atomic E-state index is 0.357. The molecule has 3 N–H and O–H groups in total. The second-order valence-electron chi connectivity index (χ2n) is 2.57. The molecule has 0 saturated heterocycles. The number of hydrogen-bond acceptors (Lipinski definition) is 2. The van der Waals surface area contributed by atoms with E-state index >= 15 is 0 Å². The SMILES string of the molecule is CC(C)C[14C@H](N)C(=O)O. The first-order valence-corrected chi connectivity index (χ1v) is 3.02. The van der Waals surface area contributed by atoms with Gasteiger partial charge in [-0.15, -0.1) is 0 Å². The van der Waals surface area contributed by atoms with E-state index in [0.29, 0.717) is 12.3 Å². The van der Waals surface area contributed by atoms with Crippen LogP contribution in [-0.4, -0.2) is 17.1 Å². The molecule has 0 aromatic carbocycles. The maximum Gasteiger partial charge on any atom is 0.320 e. The van der Waals surface area contributed by atoms with Gasteiger partial charge in [0.15, 0.2) is 0 Å². The van der Waals surface area contributed by atoms with Gasteiger partial charge in [0.2, 0.25) is 0 Å². The van der Waals surface area contributed by atoms with Crippen molar-refractivity contribution in [3.8, 4) is 0 Å². The minimum atomic E-state index is -0.913. The molecule has 3 nitrogen and oxygen atoms in total. The zero-order valence-corrected chi connectivity index (χ0v) is 5.79. The lowest BCUT2D eigenvalue weighted by atomic mass is 10.2. The summed E-state index contributed by atoms with van der Waals surface area (Å²) < 4.78 is 0. The summed E-state index contributed by atoms with van der Waals surface area (Å²) in [5, 5.41) is 8.31. The largest absolute Gasteiger partial charge is 0.480 e. The van der Waals surface area contributed by atoms with E-state index in [-0.39, 0.29) is 0 Å². The predicted octanol–water partition coefficient (Wildman–Crippen LogP) is 0.444. The topological polar surface area (TPSA) is 63.3 Å². The first kappa shape index (κ1) is 8.43. The van der Waals surface area contributed by atoms with Gasteiger partial charge >= 0.3 is 5.97 Å². The van der Waals surface area contributed by atoms with Gasteiger partial charge in [-0.2, -0.15) is 0 Å². The Balaban J connectivity index is 3.50. The van der Waals surface area contributed by atoms with E-state index in [2.05, 4.69) is 0 Å². The van der Waals surface area contributed by atoms with Gasteiger partial charge in [-0.3, -0.25) is 4.79 Å². The van der Waals surface area contributed by atoms with Crippen molar-refractivity contribution in [2.24, 2.45) is 11.7 Å². The van der Waals surface area contributed by atoms with Crippen LogP contribution in [0.3, 0.4) is 0 Å². The van der Waals surface area contributed by atoms with Crippen LogP contribution < -0.4 is 5.73 Å². The van der Waals surface area contributed by atoms with E-state index in [1.54, 1.807) is 0 Å². The van der Waals surface area contributed by atoms with Gasteiger partial charge in [-0.1, -0.05) is 13.8 Å². The third-order valence-electron chi connectivity index (χ3n) is 1.04. The quantitative estimate of drug-likeness (QED) is 0.587. The normalized spacial score (nSPS) is 13.8. The standard InChI is InChI=1S/C6H13NO2/c1-4(2)3-5(7)6(8)9/h4-5H,3,7H2,1-2H3,(H,8,9)/t5-/m0/s1/i5+2. The molecule has 0 saturated carbocycles. The summed E-state index contributed by atoms with van der Waals surface area (Å²) in [6, 6.07) is -0.690. The highest BCUT2D eigenvalue weighted by Crippen LogP contribution is 2.01. The Hall–Kier alpha value is -0.570. The van der Waals surface area contributed by atoms with Crippen LogP contribution in [0.2, 0.25) is 0 Å². The highest BCUT2D eigenvalue weighted by atomic mass is 16.4. The lowest BCUT2D eigenvalue weighted by Gasteiger charge is -2.07. The molecular formula is C6H13NO2. The molecule has 0 amide bonds. The number of carboxylic acids is 1. The van der Waals surface area contributed by atoms with Crippen molar-refractivity contribution < 1.29 is 9.90 Å². The van der Waals surface area contributed by atoms with Crippen LogP contribution in [0.4, 0.5) is 0 Å². The third kappa shape index (κ3) is 3.97. The second kappa shape index (κ2) is 3.45. The van der Waals surface area contributed by atoms with Gasteiger partial charge in [-0.05, 0) is 12.3 Å². The van der Waals surface area contributed by atoms with Crippen LogP contribution in [0.15, 0.2) is 0 Å². The molecule has 9 heavy (non-hydrogen) atoms. The number of hydrogen-bond donors (Lipinski definition) is 2. The lowest BCUT2D eigenvalue weighted by molar-refractivity contribution is -0.138. The summed E-state index contributed by atoms with van der Waals surface area (Å²) in [6.45, 7) is 3.89. The second-order valence-corrected chi connectivity index (χ2v) is 2.57. The van der Waals surface area contributed by atoms with Crippen LogP contribution in [0.1, 0.15) is 20.3 Å². The van der Waals surface area contributed by atoms with Crippen molar-refractivity contribution in [1.82, 2.24) is 0 Å². The van der Waals surface area contributed by atoms with Crippen LogP contribution >= 0.6 is 0 Å². The molecule has 0 aliphatic heterocycles. The Labute approximate surface area is 54.9 Å². The van der Waals surface area contributed by atoms with Crippen LogP contribution in [0, 0.1) is 5.92 Å². The van der Waals surface area contributed by atoms with Gasteiger partial charge in [0.1, 0.15) is 6.04 Å². The lowest BCUT2D eigenvalue weighted by Crippen LogP contribution is -2.31. The van der Waals surface area contributed by atoms with Gasteiger partial charge in [-0.25, -0.2) is 0 Å². The van der Waals surface area contributed by atoms with Crippen molar-refractivity contribution in [2.75, 3.05) is 0 Å². The van der Waals surface area contributed by atoms with Crippen LogP contribution in [0.5, 0.6) is 0 Å². The zero-order chi connectivity index (χ0) is 7.44. The highest BCUT2D eigenvalue weighted by Gasteiger charge is 2.11. The van der Waals surface area contributed by atoms with E-state index in [4.69, 9.17) is 10.8 Å². The molecular weight excluding hydrogens is 120 g/mol. The molecule has 0 spiro atoms. The first-order valence-electron chi connectivity index (χ1n) is 3.02. The number of nitrogens with two attached hydrogens (primary N) is 1. The van der Waals surface area contributed by atoms with Crippen molar-refractivity contribution >= 4 is 5.97 Å². The van der Waals surface area contributed by atoms with Crippen molar-refractivity contribution in [2.45, 2.75) is 26.3 Å². The Morgan fingerprint density at radius 3 is 2.33 bits per heavy atom. The molecule has 0 fully saturated rings. The highest BCUT2D eigenvalue weighted by molar-refractivity contribution is 5.72. The molecule has 0 aliphatic rings. The summed E-state index contributed by atoms with van der Waals surface area (Å²) >= 11 is 0. The van der Waals surface area contributed by atoms with Crippen LogP contribution in [-0.2, 0) is 4.79 Å². The van der Waals surface area contributed by atoms with E-state index in [1.807, 2.05) is 13.8 Å². The Morgan fingerprint density at radius 2 is 2.22 bits per heavy atom. The van der Waals surface area contributed by atoms with Gasteiger partial charge in [0, 0.05) is 0 Å². The zero-order valence-electron chi connectivity index (χ0n) is 5.79. The van der Waals surface area contributed by atoms with Gasteiger partial charge in [0.05, 0.1) is 0 Å². The van der Waals surface area contributed by atoms with E-state index in [0.717, 1.165) is 0 Å². The number of aliphatic carboxylic acids is 1. The van der Waals surface area contributed by atoms with Gasteiger partial charge in [0.25, 0.3) is 0 Å². The summed E-state index contributed by atoms with van der Waals surface area (Å²) in [5.74, 6) is -0.556.